The summed E-state index contributed by atoms with van der Waals surface area (Å²) in [6, 6.07) is 7.68. The third-order valence-corrected chi connectivity index (χ3v) is 5.02. The molecule has 1 amide bonds. The van der Waals surface area contributed by atoms with Gasteiger partial charge in [0.25, 0.3) is 0 Å². The molecule has 0 saturated carbocycles. The largest absolute Gasteiger partial charge is 0.356 e. The van der Waals surface area contributed by atoms with Gasteiger partial charge in [-0.3, -0.25) is 4.79 Å². The second-order valence-corrected chi connectivity index (χ2v) is 6.78. The number of amides is 1. The molecule has 1 aromatic carbocycles. The van der Waals surface area contributed by atoms with Crippen LogP contribution < -0.4 is 0 Å². The Balaban J connectivity index is 1.42. The maximum atomic E-state index is 12.7. The van der Waals surface area contributed by atoms with Crippen LogP contribution in [-0.2, 0) is 17.8 Å². The first-order valence-corrected chi connectivity index (χ1v) is 8.79. The Morgan fingerprint density at radius 3 is 3.08 bits per heavy atom. The van der Waals surface area contributed by atoms with Gasteiger partial charge in [0.05, 0.1) is 6.42 Å². The maximum Gasteiger partial charge on any atom is 0.228 e. The van der Waals surface area contributed by atoms with Crippen LogP contribution in [0.15, 0.2) is 41.2 Å². The van der Waals surface area contributed by atoms with Gasteiger partial charge in [0.2, 0.25) is 5.91 Å². The summed E-state index contributed by atoms with van der Waals surface area (Å²) in [5.41, 5.74) is 1.46. The van der Waals surface area contributed by atoms with E-state index in [-0.39, 0.29) is 5.91 Å². The SMILES string of the molecule is Cc1nccn1C[C@H]1CCCN(C(=O)Cc2noc3ccccc23)C1. The lowest BCUT2D eigenvalue weighted by Crippen LogP contribution is -2.41. The van der Waals surface area contributed by atoms with Gasteiger partial charge in [-0.15, -0.1) is 0 Å². The number of carbonyl (C=O) groups excluding carboxylic acids is 1. The summed E-state index contributed by atoms with van der Waals surface area (Å²) in [6.45, 7) is 4.56. The Bertz CT molecular complexity index is 882. The van der Waals surface area contributed by atoms with Crippen LogP contribution in [0.5, 0.6) is 0 Å². The highest BCUT2D eigenvalue weighted by atomic mass is 16.5. The molecule has 0 aliphatic carbocycles. The molecule has 1 aliphatic heterocycles. The number of fused-ring (bicyclic) bond motifs is 1. The van der Waals surface area contributed by atoms with Crippen molar-refractivity contribution in [3.63, 3.8) is 0 Å². The second-order valence-electron chi connectivity index (χ2n) is 6.78. The predicted octanol–water partition coefficient (Wildman–Crippen LogP) is 2.81. The number of benzene rings is 1. The number of carbonyl (C=O) groups is 1. The fraction of sp³-hybridized carbons (Fsp3) is 0.421. The van der Waals surface area contributed by atoms with E-state index in [9.17, 15) is 4.79 Å². The van der Waals surface area contributed by atoms with E-state index in [1.807, 2.05) is 48.5 Å². The molecule has 6 nitrogen and oxygen atoms in total. The third-order valence-electron chi connectivity index (χ3n) is 5.02. The summed E-state index contributed by atoms with van der Waals surface area (Å²) in [5, 5.41) is 5.02. The first-order valence-electron chi connectivity index (χ1n) is 8.79. The zero-order chi connectivity index (χ0) is 17.2. The lowest BCUT2D eigenvalue weighted by molar-refractivity contribution is -0.132. The van der Waals surface area contributed by atoms with E-state index in [1.54, 1.807) is 0 Å². The first-order chi connectivity index (χ1) is 12.2. The zero-order valence-corrected chi connectivity index (χ0v) is 14.4. The molecule has 0 spiro atoms. The summed E-state index contributed by atoms with van der Waals surface area (Å²) in [6.07, 6.45) is 6.33. The minimum absolute atomic E-state index is 0.131. The van der Waals surface area contributed by atoms with Gasteiger partial charge in [-0.05, 0) is 37.8 Å². The fourth-order valence-corrected chi connectivity index (χ4v) is 3.64. The van der Waals surface area contributed by atoms with Crippen LogP contribution in [0.1, 0.15) is 24.4 Å². The molecule has 1 saturated heterocycles. The Kier molecular flexibility index (Phi) is 4.26. The molecule has 25 heavy (non-hydrogen) atoms. The third kappa shape index (κ3) is 3.29. The van der Waals surface area contributed by atoms with Gasteiger partial charge in [0.1, 0.15) is 11.5 Å². The van der Waals surface area contributed by atoms with Crippen molar-refractivity contribution in [2.45, 2.75) is 32.7 Å². The molecule has 1 fully saturated rings. The smallest absolute Gasteiger partial charge is 0.228 e. The number of aryl methyl sites for hydroxylation is 1. The molecule has 0 radical (unpaired) electrons. The van der Waals surface area contributed by atoms with Gasteiger partial charge in [-0.1, -0.05) is 17.3 Å². The first kappa shape index (κ1) is 15.9. The number of imidazole rings is 1. The van der Waals surface area contributed by atoms with Crippen LogP contribution in [-0.4, -0.2) is 38.6 Å². The van der Waals surface area contributed by atoms with Crippen LogP contribution in [0.3, 0.4) is 0 Å². The summed E-state index contributed by atoms with van der Waals surface area (Å²) in [7, 11) is 0. The van der Waals surface area contributed by atoms with Crippen molar-refractivity contribution in [2.75, 3.05) is 13.1 Å². The van der Waals surface area contributed by atoms with E-state index in [0.717, 1.165) is 55.0 Å². The minimum Gasteiger partial charge on any atom is -0.356 e. The lowest BCUT2D eigenvalue weighted by Gasteiger charge is -2.33. The highest BCUT2D eigenvalue weighted by Crippen LogP contribution is 2.22. The molecule has 1 aliphatic rings. The van der Waals surface area contributed by atoms with E-state index in [1.165, 1.54) is 0 Å². The van der Waals surface area contributed by atoms with Crippen LogP contribution >= 0.6 is 0 Å². The van der Waals surface area contributed by atoms with Crippen molar-refractivity contribution in [1.29, 1.82) is 0 Å². The number of piperidine rings is 1. The Labute approximate surface area is 146 Å². The highest BCUT2D eigenvalue weighted by Gasteiger charge is 2.25. The van der Waals surface area contributed by atoms with Crippen LogP contribution in [0.25, 0.3) is 11.0 Å². The van der Waals surface area contributed by atoms with Crippen molar-refractivity contribution < 1.29 is 9.32 Å². The van der Waals surface area contributed by atoms with Gasteiger partial charge in [-0.25, -0.2) is 4.98 Å². The molecular formula is C19H22N4O2. The summed E-state index contributed by atoms with van der Waals surface area (Å²) < 4.78 is 7.48. The highest BCUT2D eigenvalue weighted by molar-refractivity contribution is 5.86. The van der Waals surface area contributed by atoms with Crippen molar-refractivity contribution >= 4 is 16.9 Å². The molecule has 2 aromatic heterocycles. The molecule has 130 valence electrons. The van der Waals surface area contributed by atoms with Gasteiger partial charge in [-0.2, -0.15) is 0 Å². The molecule has 0 bridgehead atoms. The fourth-order valence-electron chi connectivity index (χ4n) is 3.64. The van der Waals surface area contributed by atoms with E-state index in [0.29, 0.717) is 12.3 Å². The Morgan fingerprint density at radius 2 is 2.24 bits per heavy atom. The predicted molar refractivity (Wildman–Crippen MR) is 94.0 cm³/mol. The number of likely N-dealkylation sites (tertiary alicyclic amines) is 1. The normalized spacial score (nSPS) is 18.0. The number of rotatable bonds is 4. The summed E-state index contributed by atoms with van der Waals surface area (Å²) >= 11 is 0. The molecule has 4 rings (SSSR count). The lowest BCUT2D eigenvalue weighted by atomic mass is 9.97. The van der Waals surface area contributed by atoms with Gasteiger partial charge >= 0.3 is 0 Å². The van der Waals surface area contributed by atoms with Crippen LogP contribution in [0.4, 0.5) is 0 Å². The quantitative estimate of drug-likeness (QED) is 0.734. The number of hydrogen-bond acceptors (Lipinski definition) is 4. The average Bonchev–Trinajstić information content (AvgIpc) is 3.22. The molecule has 3 aromatic rings. The van der Waals surface area contributed by atoms with Crippen LogP contribution in [0.2, 0.25) is 0 Å². The molecule has 3 heterocycles. The van der Waals surface area contributed by atoms with Gasteiger partial charge in [0, 0.05) is 37.4 Å². The maximum absolute atomic E-state index is 12.7. The number of aromatic nitrogens is 3. The van der Waals surface area contributed by atoms with E-state index in [4.69, 9.17) is 4.52 Å². The standard InChI is InChI=1S/C19H22N4O2/c1-14-20-8-10-22(14)12-15-5-4-9-23(13-15)19(24)11-17-16-6-2-3-7-18(16)25-21-17/h2-3,6-8,10,15H,4-5,9,11-13H2,1H3/t15-/m1/s1. The monoisotopic (exact) mass is 338 g/mol. The summed E-state index contributed by atoms with van der Waals surface area (Å²) in [4.78, 5) is 19.0. The topological polar surface area (TPSA) is 64.2 Å². The minimum atomic E-state index is 0.131. The number of para-hydroxylation sites is 1. The molecular weight excluding hydrogens is 316 g/mol. The molecule has 0 N–H and O–H groups in total. The zero-order valence-electron chi connectivity index (χ0n) is 14.4. The second kappa shape index (κ2) is 6.70. The number of hydrogen-bond donors (Lipinski definition) is 0. The Morgan fingerprint density at radius 1 is 1.36 bits per heavy atom. The van der Waals surface area contributed by atoms with Crippen molar-refractivity contribution in [3.8, 4) is 0 Å². The molecule has 0 unspecified atom stereocenters. The van der Waals surface area contributed by atoms with Gasteiger partial charge in [0.15, 0.2) is 5.58 Å². The van der Waals surface area contributed by atoms with E-state index < -0.39 is 0 Å². The molecule has 1 atom stereocenters. The molecule has 6 heteroatoms. The van der Waals surface area contributed by atoms with E-state index >= 15 is 0 Å². The average molecular weight is 338 g/mol. The van der Waals surface area contributed by atoms with Gasteiger partial charge < -0.3 is 14.0 Å². The van der Waals surface area contributed by atoms with Crippen molar-refractivity contribution in [3.05, 3.63) is 48.2 Å². The van der Waals surface area contributed by atoms with Crippen molar-refractivity contribution in [2.24, 2.45) is 5.92 Å². The Hall–Kier alpha value is -2.63. The van der Waals surface area contributed by atoms with E-state index in [2.05, 4.69) is 14.7 Å². The van der Waals surface area contributed by atoms with Crippen LogP contribution in [0, 0.1) is 12.8 Å². The number of nitrogens with zero attached hydrogens (tertiary/aromatic N) is 4. The summed E-state index contributed by atoms with van der Waals surface area (Å²) in [5.74, 6) is 1.63. The van der Waals surface area contributed by atoms with Crippen molar-refractivity contribution in [1.82, 2.24) is 19.6 Å².